The summed E-state index contributed by atoms with van der Waals surface area (Å²) in [6.45, 7) is 1.93. The Morgan fingerprint density at radius 1 is 1.03 bits per heavy atom. The number of hydrogen-bond acceptors (Lipinski definition) is 7. The number of methoxy groups -OCH3 is 2. The van der Waals surface area contributed by atoms with Crippen molar-refractivity contribution in [1.82, 2.24) is 4.98 Å². The van der Waals surface area contributed by atoms with Gasteiger partial charge < -0.3 is 14.2 Å². The van der Waals surface area contributed by atoms with E-state index in [1.165, 1.54) is 44.7 Å². The zero-order chi connectivity index (χ0) is 22.6. The SMILES string of the molecule is COC(=O)c1ccc(Cl)c(S(=O)(=O)Nc2ccc(Oc3ccc(C)cc3OC)nc2)c1. The van der Waals surface area contributed by atoms with Crippen molar-refractivity contribution in [3.8, 4) is 17.4 Å². The van der Waals surface area contributed by atoms with Crippen molar-refractivity contribution in [3.63, 3.8) is 0 Å². The molecule has 0 unspecified atom stereocenters. The van der Waals surface area contributed by atoms with E-state index in [4.69, 9.17) is 21.1 Å². The maximum atomic E-state index is 12.8. The molecule has 0 saturated heterocycles. The van der Waals surface area contributed by atoms with Crippen LogP contribution in [0.1, 0.15) is 15.9 Å². The summed E-state index contributed by atoms with van der Waals surface area (Å²) < 4.78 is 43.5. The molecule has 0 fully saturated rings. The lowest BCUT2D eigenvalue weighted by Gasteiger charge is -2.12. The number of anilines is 1. The summed E-state index contributed by atoms with van der Waals surface area (Å²) in [5, 5.41) is -0.0421. The molecule has 3 aromatic rings. The third-order valence-electron chi connectivity index (χ3n) is 4.16. The highest BCUT2D eigenvalue weighted by Gasteiger charge is 2.21. The molecule has 1 N–H and O–H groups in total. The van der Waals surface area contributed by atoms with E-state index in [1.807, 2.05) is 19.1 Å². The maximum absolute atomic E-state index is 12.8. The van der Waals surface area contributed by atoms with Crippen molar-refractivity contribution in [3.05, 3.63) is 70.9 Å². The van der Waals surface area contributed by atoms with E-state index in [0.717, 1.165) is 11.6 Å². The van der Waals surface area contributed by atoms with Crippen LogP contribution in [-0.4, -0.2) is 33.6 Å². The van der Waals surface area contributed by atoms with E-state index in [1.54, 1.807) is 6.07 Å². The summed E-state index contributed by atoms with van der Waals surface area (Å²) in [5.41, 5.74) is 1.25. The summed E-state index contributed by atoms with van der Waals surface area (Å²) in [7, 11) is -1.35. The second kappa shape index (κ2) is 9.23. The maximum Gasteiger partial charge on any atom is 0.337 e. The number of hydrogen-bond donors (Lipinski definition) is 1. The van der Waals surface area contributed by atoms with Gasteiger partial charge in [0.1, 0.15) is 4.90 Å². The number of nitrogens with zero attached hydrogens (tertiary/aromatic N) is 1. The van der Waals surface area contributed by atoms with Crippen LogP contribution in [0.2, 0.25) is 5.02 Å². The topological polar surface area (TPSA) is 104 Å². The van der Waals surface area contributed by atoms with Crippen molar-refractivity contribution in [2.24, 2.45) is 0 Å². The highest BCUT2D eigenvalue weighted by Crippen LogP contribution is 2.32. The third-order valence-corrected chi connectivity index (χ3v) is 6.03. The highest BCUT2D eigenvalue weighted by atomic mass is 35.5. The first kappa shape index (κ1) is 22.4. The van der Waals surface area contributed by atoms with E-state index in [9.17, 15) is 13.2 Å². The number of benzene rings is 2. The lowest BCUT2D eigenvalue weighted by atomic mass is 10.2. The Hall–Kier alpha value is -3.30. The van der Waals surface area contributed by atoms with Gasteiger partial charge in [-0.1, -0.05) is 17.7 Å². The number of aryl methyl sites for hydroxylation is 1. The van der Waals surface area contributed by atoms with Crippen molar-refractivity contribution < 1.29 is 27.4 Å². The Labute approximate surface area is 184 Å². The standard InChI is InChI=1S/C21H19ClN2O6S/c1-13-4-8-17(18(10-13)28-2)30-20-9-6-15(12-23-20)24-31(26,27)19-11-14(21(25)29-3)5-7-16(19)22/h4-12,24H,1-3H3. The molecule has 3 rings (SSSR count). The monoisotopic (exact) mass is 462 g/mol. The smallest absolute Gasteiger partial charge is 0.337 e. The Morgan fingerprint density at radius 2 is 1.81 bits per heavy atom. The predicted octanol–water partition coefficient (Wildman–Crippen LogP) is 4.43. The molecule has 2 aromatic carbocycles. The van der Waals surface area contributed by atoms with Gasteiger partial charge in [0, 0.05) is 6.07 Å². The average Bonchev–Trinajstić information content (AvgIpc) is 2.75. The third kappa shape index (κ3) is 5.25. The molecule has 8 nitrogen and oxygen atoms in total. The second-order valence-corrected chi connectivity index (χ2v) is 8.44. The van der Waals surface area contributed by atoms with Gasteiger partial charge in [0.15, 0.2) is 11.5 Å². The minimum absolute atomic E-state index is 0.0421. The molecular formula is C21H19ClN2O6S. The Kier molecular flexibility index (Phi) is 6.67. The Morgan fingerprint density at radius 3 is 2.45 bits per heavy atom. The van der Waals surface area contributed by atoms with E-state index < -0.39 is 16.0 Å². The van der Waals surface area contributed by atoms with Crippen LogP contribution < -0.4 is 14.2 Å². The number of aromatic nitrogens is 1. The van der Waals surface area contributed by atoms with E-state index in [0.29, 0.717) is 11.5 Å². The minimum atomic E-state index is -4.09. The molecular weight excluding hydrogens is 444 g/mol. The number of halogens is 1. The van der Waals surface area contributed by atoms with Gasteiger partial charge in [-0.25, -0.2) is 18.2 Å². The van der Waals surface area contributed by atoms with Gasteiger partial charge in [0.2, 0.25) is 5.88 Å². The first-order chi connectivity index (χ1) is 14.7. The molecule has 0 amide bonds. The molecule has 31 heavy (non-hydrogen) atoms. The van der Waals surface area contributed by atoms with Crippen LogP contribution in [0.5, 0.6) is 17.4 Å². The average molecular weight is 463 g/mol. The molecule has 0 aliphatic rings. The largest absolute Gasteiger partial charge is 0.493 e. The van der Waals surface area contributed by atoms with Gasteiger partial charge in [-0.05, 0) is 48.9 Å². The lowest BCUT2D eigenvalue weighted by molar-refractivity contribution is 0.0600. The van der Waals surface area contributed by atoms with Crippen LogP contribution in [0.3, 0.4) is 0 Å². The minimum Gasteiger partial charge on any atom is -0.493 e. The lowest BCUT2D eigenvalue weighted by Crippen LogP contribution is -2.15. The number of rotatable bonds is 7. The van der Waals surface area contributed by atoms with E-state index in [-0.39, 0.29) is 27.0 Å². The molecule has 0 radical (unpaired) electrons. The summed E-state index contributed by atoms with van der Waals surface area (Å²) in [4.78, 5) is 15.6. The van der Waals surface area contributed by atoms with Crippen molar-refractivity contribution in [1.29, 1.82) is 0 Å². The van der Waals surface area contributed by atoms with Gasteiger partial charge >= 0.3 is 5.97 Å². The van der Waals surface area contributed by atoms with E-state index in [2.05, 4.69) is 14.4 Å². The molecule has 1 aromatic heterocycles. The molecule has 1 heterocycles. The molecule has 10 heteroatoms. The quantitative estimate of drug-likeness (QED) is 0.518. The van der Waals surface area contributed by atoms with Crippen molar-refractivity contribution >= 4 is 33.3 Å². The number of sulfonamides is 1. The normalized spacial score (nSPS) is 11.0. The summed E-state index contributed by atoms with van der Waals surface area (Å²) in [6, 6.07) is 12.3. The number of nitrogens with one attached hydrogen (secondary N) is 1. The van der Waals surface area contributed by atoms with Crippen LogP contribution in [0.4, 0.5) is 5.69 Å². The van der Waals surface area contributed by atoms with Crippen molar-refractivity contribution in [2.45, 2.75) is 11.8 Å². The summed E-state index contributed by atoms with van der Waals surface area (Å²) >= 11 is 6.03. The van der Waals surface area contributed by atoms with Crippen LogP contribution in [0.15, 0.2) is 59.6 Å². The molecule has 0 aliphatic heterocycles. The van der Waals surface area contributed by atoms with Crippen LogP contribution in [0.25, 0.3) is 0 Å². The second-order valence-electron chi connectivity index (χ2n) is 6.38. The van der Waals surface area contributed by atoms with Gasteiger partial charge in [0.25, 0.3) is 10.0 Å². The molecule has 0 spiro atoms. The van der Waals surface area contributed by atoms with Gasteiger partial charge in [-0.15, -0.1) is 0 Å². The number of ether oxygens (including phenoxy) is 3. The molecule has 162 valence electrons. The van der Waals surface area contributed by atoms with Crippen LogP contribution >= 0.6 is 11.6 Å². The molecule has 0 aliphatic carbocycles. The highest BCUT2D eigenvalue weighted by molar-refractivity contribution is 7.92. The summed E-state index contributed by atoms with van der Waals surface area (Å²) in [5.74, 6) is 0.589. The fourth-order valence-corrected chi connectivity index (χ4v) is 4.21. The fourth-order valence-electron chi connectivity index (χ4n) is 2.64. The first-order valence-corrected chi connectivity index (χ1v) is 10.8. The van der Waals surface area contributed by atoms with Crippen LogP contribution in [0, 0.1) is 6.92 Å². The number of carbonyl (C=O) groups excluding carboxylic acids is 1. The zero-order valence-corrected chi connectivity index (χ0v) is 18.5. The zero-order valence-electron chi connectivity index (χ0n) is 16.9. The number of pyridine rings is 1. The fraction of sp³-hybridized carbons (Fsp3) is 0.143. The summed E-state index contributed by atoms with van der Waals surface area (Å²) in [6.07, 6.45) is 1.30. The van der Waals surface area contributed by atoms with E-state index >= 15 is 0 Å². The Bertz CT molecular complexity index is 1210. The van der Waals surface area contributed by atoms with Crippen molar-refractivity contribution in [2.75, 3.05) is 18.9 Å². The Balaban J connectivity index is 1.80. The molecule has 0 saturated carbocycles. The van der Waals surface area contributed by atoms with Gasteiger partial charge in [-0.2, -0.15) is 0 Å². The van der Waals surface area contributed by atoms with Crippen LogP contribution in [-0.2, 0) is 14.8 Å². The molecule has 0 atom stereocenters. The first-order valence-electron chi connectivity index (χ1n) is 8.92. The van der Waals surface area contributed by atoms with Gasteiger partial charge in [-0.3, -0.25) is 4.72 Å². The van der Waals surface area contributed by atoms with Gasteiger partial charge in [0.05, 0.1) is 36.7 Å². The predicted molar refractivity (Wildman–Crippen MR) is 116 cm³/mol. The molecule has 0 bridgehead atoms. The number of carbonyl (C=O) groups is 1. The number of esters is 1.